The second kappa shape index (κ2) is 15.8. The number of halogens is 2. The normalized spacial score (nSPS) is 12.0. The average Bonchev–Trinajstić information content (AvgIpc) is 2.98. The fourth-order valence-electron chi connectivity index (χ4n) is 5.33. The van der Waals surface area contributed by atoms with Crippen LogP contribution in [-0.2, 0) is 15.6 Å². The molecule has 0 spiro atoms. The monoisotopic (exact) mass is 618 g/mol. The number of carbonyl (C=O) groups is 2. The van der Waals surface area contributed by atoms with Crippen molar-refractivity contribution < 1.29 is 23.1 Å². The van der Waals surface area contributed by atoms with Gasteiger partial charge in [0.05, 0.1) is 7.11 Å². The molecule has 0 atom stereocenters. The van der Waals surface area contributed by atoms with E-state index in [1.54, 1.807) is 31.4 Å². The zero-order valence-electron chi connectivity index (χ0n) is 27.7. The number of unbranched alkanes of at least 4 members (excludes halogenated alkanes) is 1. The van der Waals surface area contributed by atoms with Crippen LogP contribution in [0.15, 0.2) is 72.8 Å². The topological polar surface area (TPSA) is 67.4 Å². The highest BCUT2D eigenvalue weighted by molar-refractivity contribution is 5.95. The summed E-state index contributed by atoms with van der Waals surface area (Å²) >= 11 is 0. The van der Waals surface area contributed by atoms with Crippen molar-refractivity contribution in [3.63, 3.8) is 0 Å². The van der Waals surface area contributed by atoms with Gasteiger partial charge in [-0.05, 0) is 71.2 Å². The Bertz CT molecular complexity index is 1370. The van der Waals surface area contributed by atoms with Gasteiger partial charge in [-0.15, -0.1) is 0 Å². The van der Waals surface area contributed by atoms with Gasteiger partial charge in [0.15, 0.2) is 0 Å². The number of benzene rings is 3. The van der Waals surface area contributed by atoms with Crippen molar-refractivity contribution >= 4 is 11.8 Å². The molecule has 0 unspecified atom stereocenters. The van der Waals surface area contributed by atoms with E-state index in [0.717, 1.165) is 40.8 Å². The number of hydrogen-bond donors (Lipinski definition) is 2. The van der Waals surface area contributed by atoms with E-state index in [1.807, 2.05) is 24.3 Å². The number of methoxy groups -OCH3 is 1. The summed E-state index contributed by atoms with van der Waals surface area (Å²) in [5.41, 5.74) is 4.08. The summed E-state index contributed by atoms with van der Waals surface area (Å²) in [5, 5.41) is 5.84. The van der Waals surface area contributed by atoms with E-state index in [1.165, 1.54) is 24.3 Å². The van der Waals surface area contributed by atoms with Gasteiger partial charge in [-0.1, -0.05) is 84.4 Å². The Labute approximate surface area is 267 Å². The van der Waals surface area contributed by atoms with Gasteiger partial charge in [0.25, 0.3) is 5.91 Å². The lowest BCUT2D eigenvalue weighted by Gasteiger charge is -2.29. The van der Waals surface area contributed by atoms with Crippen molar-refractivity contribution in [2.75, 3.05) is 20.2 Å². The Morgan fingerprint density at radius 3 is 1.67 bits per heavy atom. The molecule has 3 aromatic rings. The van der Waals surface area contributed by atoms with Crippen LogP contribution in [0.5, 0.6) is 5.75 Å². The first-order chi connectivity index (χ1) is 21.2. The molecule has 0 aliphatic heterocycles. The van der Waals surface area contributed by atoms with Crippen molar-refractivity contribution in [2.45, 2.75) is 84.0 Å². The molecule has 2 N–H and O–H groups in total. The quantitative estimate of drug-likeness (QED) is 0.149. The summed E-state index contributed by atoms with van der Waals surface area (Å²) in [6.07, 6.45) is 6.27. The minimum absolute atomic E-state index is 0.00887. The van der Waals surface area contributed by atoms with Crippen molar-refractivity contribution in [3.8, 4) is 5.75 Å². The van der Waals surface area contributed by atoms with Crippen molar-refractivity contribution in [1.82, 2.24) is 10.6 Å². The average molecular weight is 619 g/mol. The SMILES string of the molecule is COc1c(C(C)(C)C)cc(C(=O)NC/C=C\CNC(=O)CCCCC(c2ccc(F)cc2)c2ccc(F)cc2)cc1C(C)(C)C. The van der Waals surface area contributed by atoms with Crippen molar-refractivity contribution in [3.05, 3.63) is 112 Å². The van der Waals surface area contributed by atoms with Crippen LogP contribution >= 0.6 is 0 Å². The molecule has 0 radical (unpaired) electrons. The fraction of sp³-hybridized carbons (Fsp3) is 0.421. The molecule has 0 fully saturated rings. The molecule has 0 aliphatic carbocycles. The summed E-state index contributed by atoms with van der Waals surface area (Å²) in [5.74, 6) is -0.000738. The third-order valence-electron chi connectivity index (χ3n) is 7.83. The molecule has 2 amide bonds. The first kappa shape index (κ1) is 35.5. The van der Waals surface area contributed by atoms with Crippen molar-refractivity contribution in [1.29, 1.82) is 0 Å². The van der Waals surface area contributed by atoms with Crippen LogP contribution in [0.4, 0.5) is 8.78 Å². The zero-order valence-corrected chi connectivity index (χ0v) is 27.7. The molecule has 5 nitrogen and oxygen atoms in total. The van der Waals surface area contributed by atoms with Crippen molar-refractivity contribution in [2.24, 2.45) is 0 Å². The third kappa shape index (κ3) is 10.5. The molecule has 7 heteroatoms. The Morgan fingerprint density at radius 2 is 1.22 bits per heavy atom. The maximum atomic E-state index is 13.5. The molecule has 0 bridgehead atoms. The van der Waals surface area contributed by atoms with Crippen LogP contribution in [-0.4, -0.2) is 32.0 Å². The van der Waals surface area contributed by atoms with Crippen LogP contribution in [0.2, 0.25) is 0 Å². The number of amides is 2. The lowest BCUT2D eigenvalue weighted by atomic mass is 9.78. The molecule has 0 saturated carbocycles. The van der Waals surface area contributed by atoms with Gasteiger partial charge in [0.1, 0.15) is 17.4 Å². The van der Waals surface area contributed by atoms with Crippen LogP contribution < -0.4 is 15.4 Å². The van der Waals surface area contributed by atoms with E-state index in [9.17, 15) is 18.4 Å². The van der Waals surface area contributed by atoms with Crippen LogP contribution in [0.25, 0.3) is 0 Å². The van der Waals surface area contributed by atoms with Gasteiger partial charge < -0.3 is 15.4 Å². The molecule has 3 aromatic carbocycles. The Kier molecular flexibility index (Phi) is 12.5. The van der Waals surface area contributed by atoms with E-state index in [0.29, 0.717) is 31.5 Å². The summed E-state index contributed by atoms with van der Waals surface area (Å²) < 4.78 is 32.7. The molecule has 0 heterocycles. The standard InChI is InChI=1S/C38H48F2N2O3/c1-37(2,3)32-24-28(25-33(35(32)45-7)38(4,5)6)36(44)42-23-11-10-22-41-34(43)13-9-8-12-31(26-14-18-29(39)19-15-26)27-16-20-30(40)21-17-27/h10-11,14-21,24-25,31H,8-9,12-13,22-23H2,1-7H3,(H,41,43)(H,42,44)/b11-10-. The van der Waals surface area contributed by atoms with E-state index < -0.39 is 0 Å². The summed E-state index contributed by atoms with van der Waals surface area (Å²) in [4.78, 5) is 25.5. The summed E-state index contributed by atoms with van der Waals surface area (Å²) in [6, 6.07) is 16.6. The lowest BCUT2D eigenvalue weighted by Crippen LogP contribution is -2.27. The second-order valence-corrected chi connectivity index (χ2v) is 13.5. The Morgan fingerprint density at radius 1 is 0.756 bits per heavy atom. The Hall–Kier alpha value is -4.00. The predicted octanol–water partition coefficient (Wildman–Crippen LogP) is 8.36. The maximum absolute atomic E-state index is 13.5. The summed E-state index contributed by atoms with van der Waals surface area (Å²) in [7, 11) is 1.67. The van der Waals surface area contributed by atoms with Gasteiger partial charge in [-0.3, -0.25) is 9.59 Å². The highest BCUT2D eigenvalue weighted by Gasteiger charge is 2.28. The minimum Gasteiger partial charge on any atom is -0.496 e. The fourth-order valence-corrected chi connectivity index (χ4v) is 5.33. The van der Waals surface area contributed by atoms with E-state index >= 15 is 0 Å². The molecule has 3 rings (SSSR count). The number of ether oxygens (including phenoxy) is 1. The number of carbonyl (C=O) groups excluding carboxylic acids is 2. The van der Waals surface area contributed by atoms with Gasteiger partial charge in [-0.25, -0.2) is 8.78 Å². The number of nitrogens with one attached hydrogen (secondary N) is 2. The van der Waals surface area contributed by atoms with Gasteiger partial charge in [0.2, 0.25) is 5.91 Å². The highest BCUT2D eigenvalue weighted by atomic mass is 19.1. The smallest absolute Gasteiger partial charge is 0.251 e. The van der Waals surface area contributed by atoms with E-state index in [4.69, 9.17) is 4.74 Å². The van der Waals surface area contributed by atoms with Crippen LogP contribution in [0.3, 0.4) is 0 Å². The molecule has 0 aromatic heterocycles. The van der Waals surface area contributed by atoms with Gasteiger partial charge >= 0.3 is 0 Å². The van der Waals surface area contributed by atoms with E-state index in [-0.39, 0.29) is 40.2 Å². The van der Waals surface area contributed by atoms with Gasteiger partial charge in [0, 0.05) is 42.1 Å². The molecule has 0 saturated heterocycles. The minimum atomic E-state index is -0.300. The molecule has 45 heavy (non-hydrogen) atoms. The lowest BCUT2D eigenvalue weighted by molar-refractivity contribution is -0.121. The maximum Gasteiger partial charge on any atom is 0.251 e. The number of hydrogen-bond acceptors (Lipinski definition) is 3. The first-order valence-electron chi connectivity index (χ1n) is 15.6. The van der Waals surface area contributed by atoms with Crippen LogP contribution in [0, 0.1) is 11.6 Å². The first-order valence-corrected chi connectivity index (χ1v) is 15.6. The predicted molar refractivity (Wildman–Crippen MR) is 178 cm³/mol. The summed E-state index contributed by atoms with van der Waals surface area (Å²) in [6.45, 7) is 13.3. The Balaban J connectivity index is 1.46. The number of rotatable bonds is 13. The zero-order chi connectivity index (χ0) is 33.2. The molecular weight excluding hydrogens is 570 g/mol. The second-order valence-electron chi connectivity index (χ2n) is 13.5. The molecule has 242 valence electrons. The highest BCUT2D eigenvalue weighted by Crippen LogP contribution is 2.40. The molecule has 0 aliphatic rings. The third-order valence-corrected chi connectivity index (χ3v) is 7.83. The van der Waals surface area contributed by atoms with Crippen LogP contribution in [0.1, 0.15) is 106 Å². The van der Waals surface area contributed by atoms with E-state index in [2.05, 4.69) is 52.2 Å². The molecular formula is C38H48F2N2O3. The van der Waals surface area contributed by atoms with Gasteiger partial charge in [-0.2, -0.15) is 0 Å². The largest absolute Gasteiger partial charge is 0.496 e.